The number of hydrogen-bond acceptors (Lipinski definition) is 2. The van der Waals surface area contributed by atoms with Gasteiger partial charge < -0.3 is 5.32 Å². The molecule has 31 heavy (non-hydrogen) atoms. The van der Waals surface area contributed by atoms with Crippen LogP contribution in [0.3, 0.4) is 0 Å². The summed E-state index contributed by atoms with van der Waals surface area (Å²) in [4.78, 5) is 15.8. The van der Waals surface area contributed by atoms with Crippen LogP contribution in [0.15, 0.2) is 54.1 Å². The Bertz CT molecular complexity index is 1020. The minimum Gasteiger partial charge on any atom is -0.352 e. The summed E-state index contributed by atoms with van der Waals surface area (Å²) < 4.78 is 38.4. The Labute approximate surface area is 185 Å². The molecule has 1 aromatic heterocycles. The second-order valence-corrected chi connectivity index (χ2v) is 8.03. The van der Waals surface area contributed by atoms with E-state index in [1.807, 2.05) is 6.92 Å². The Morgan fingerprint density at radius 1 is 1.19 bits per heavy atom. The van der Waals surface area contributed by atoms with Crippen LogP contribution in [0.25, 0.3) is 0 Å². The molecule has 2 rings (SSSR count). The molecular formula is C24H24ClF3N2O. The average molecular weight is 449 g/mol. The fraction of sp³-hybridized carbons (Fsp3) is 0.333. The lowest BCUT2D eigenvalue weighted by atomic mass is 9.80. The lowest BCUT2D eigenvalue weighted by molar-refractivity contribution is -0.141. The number of nitrogens with zero attached hydrogens (tertiary/aromatic N) is 1. The molecule has 0 aliphatic carbocycles. The Hall–Kier alpha value is -2.78. The highest BCUT2D eigenvalue weighted by Crippen LogP contribution is 2.32. The van der Waals surface area contributed by atoms with Crippen LogP contribution < -0.4 is 5.32 Å². The lowest BCUT2D eigenvalue weighted by Crippen LogP contribution is -2.26. The SMILES string of the molecule is CCC(C)(C)/C(=C/C#Cc1cccc(C(F)(F)F)n1)CCNC(=O)c1cccc(Cl)c1. The van der Waals surface area contributed by atoms with Gasteiger partial charge in [0.1, 0.15) is 11.4 Å². The highest BCUT2D eigenvalue weighted by atomic mass is 35.5. The number of carbonyl (C=O) groups excluding carboxylic acids is 1. The number of allylic oxidation sites excluding steroid dienone is 1. The van der Waals surface area contributed by atoms with Crippen LogP contribution >= 0.6 is 11.6 Å². The third-order valence-corrected chi connectivity index (χ3v) is 5.24. The van der Waals surface area contributed by atoms with E-state index in [-0.39, 0.29) is 17.0 Å². The molecule has 164 valence electrons. The molecule has 1 amide bonds. The summed E-state index contributed by atoms with van der Waals surface area (Å²) >= 11 is 5.92. The monoisotopic (exact) mass is 448 g/mol. The first-order valence-corrected chi connectivity index (χ1v) is 10.2. The quantitative estimate of drug-likeness (QED) is 0.528. The normalized spacial score (nSPS) is 12.2. The molecule has 0 saturated heterocycles. The number of benzene rings is 1. The molecule has 0 bridgehead atoms. The average Bonchev–Trinajstić information content (AvgIpc) is 2.72. The number of hydrogen-bond donors (Lipinski definition) is 1. The van der Waals surface area contributed by atoms with Gasteiger partial charge in [0, 0.05) is 17.1 Å². The third kappa shape index (κ3) is 7.45. The van der Waals surface area contributed by atoms with Gasteiger partial charge in [0.05, 0.1) is 0 Å². The number of halogens is 4. The van der Waals surface area contributed by atoms with Gasteiger partial charge in [-0.25, -0.2) is 4.98 Å². The summed E-state index contributed by atoms with van der Waals surface area (Å²) in [6.07, 6.45) is -1.41. The van der Waals surface area contributed by atoms with Gasteiger partial charge in [-0.15, -0.1) is 0 Å². The Kier molecular flexibility index (Phi) is 8.29. The molecule has 0 aliphatic heterocycles. The molecule has 0 spiro atoms. The fourth-order valence-corrected chi connectivity index (χ4v) is 2.93. The molecule has 0 unspecified atom stereocenters. The van der Waals surface area contributed by atoms with Gasteiger partial charge in [-0.2, -0.15) is 13.2 Å². The van der Waals surface area contributed by atoms with Crippen molar-refractivity contribution in [3.63, 3.8) is 0 Å². The Balaban J connectivity index is 2.12. The molecule has 7 heteroatoms. The third-order valence-electron chi connectivity index (χ3n) is 5.01. The van der Waals surface area contributed by atoms with E-state index < -0.39 is 11.9 Å². The number of amides is 1. The number of alkyl halides is 3. The standard InChI is InChI=1S/C24H24ClF3N2O/c1-4-23(2,3)18(14-15-29-22(31)17-8-5-10-19(25)16-17)9-6-11-20-12-7-13-21(30-20)24(26,27)28/h5,7-10,12-13,16H,4,14-15H2,1-3H3,(H,29,31)/b18-9+. The van der Waals surface area contributed by atoms with E-state index in [0.29, 0.717) is 23.6 Å². The maximum absolute atomic E-state index is 12.8. The van der Waals surface area contributed by atoms with Crippen LogP contribution in [0.4, 0.5) is 13.2 Å². The largest absolute Gasteiger partial charge is 0.433 e. The van der Waals surface area contributed by atoms with Gasteiger partial charge in [0.15, 0.2) is 0 Å². The number of carbonyl (C=O) groups is 1. The summed E-state index contributed by atoms with van der Waals surface area (Å²) in [5, 5.41) is 3.35. The zero-order valence-electron chi connectivity index (χ0n) is 17.6. The van der Waals surface area contributed by atoms with E-state index in [9.17, 15) is 18.0 Å². The second kappa shape index (κ2) is 10.5. The molecule has 1 aromatic carbocycles. The van der Waals surface area contributed by atoms with Crippen LogP contribution in [-0.2, 0) is 6.18 Å². The smallest absolute Gasteiger partial charge is 0.352 e. The number of pyridine rings is 1. The van der Waals surface area contributed by atoms with E-state index in [2.05, 4.69) is 36.0 Å². The van der Waals surface area contributed by atoms with Crippen molar-refractivity contribution in [3.05, 3.63) is 76.1 Å². The fourth-order valence-electron chi connectivity index (χ4n) is 2.73. The molecule has 2 aromatic rings. The van der Waals surface area contributed by atoms with Gasteiger partial charge >= 0.3 is 6.18 Å². The maximum Gasteiger partial charge on any atom is 0.433 e. The van der Waals surface area contributed by atoms with E-state index in [0.717, 1.165) is 18.1 Å². The van der Waals surface area contributed by atoms with E-state index in [4.69, 9.17) is 11.6 Å². The van der Waals surface area contributed by atoms with Crippen molar-refractivity contribution in [2.75, 3.05) is 6.54 Å². The first-order valence-electron chi connectivity index (χ1n) is 9.82. The molecule has 3 nitrogen and oxygen atoms in total. The summed E-state index contributed by atoms with van der Waals surface area (Å²) in [5.41, 5.74) is 0.357. The number of aromatic nitrogens is 1. The van der Waals surface area contributed by atoms with Gasteiger partial charge in [0.25, 0.3) is 5.91 Å². The molecule has 1 heterocycles. The van der Waals surface area contributed by atoms with Crippen molar-refractivity contribution in [2.45, 2.75) is 39.8 Å². The van der Waals surface area contributed by atoms with Gasteiger partial charge in [-0.05, 0) is 60.6 Å². The molecule has 0 saturated carbocycles. The minimum atomic E-state index is -4.51. The van der Waals surface area contributed by atoms with Crippen molar-refractivity contribution in [1.29, 1.82) is 0 Å². The van der Waals surface area contributed by atoms with Crippen molar-refractivity contribution in [3.8, 4) is 11.8 Å². The van der Waals surface area contributed by atoms with Crippen molar-refractivity contribution >= 4 is 17.5 Å². The van der Waals surface area contributed by atoms with Crippen LogP contribution in [0, 0.1) is 17.3 Å². The summed E-state index contributed by atoms with van der Waals surface area (Å²) in [5.74, 6) is 5.28. The Morgan fingerprint density at radius 3 is 2.55 bits per heavy atom. The number of rotatable bonds is 6. The zero-order valence-corrected chi connectivity index (χ0v) is 18.4. The van der Waals surface area contributed by atoms with Crippen molar-refractivity contribution < 1.29 is 18.0 Å². The highest BCUT2D eigenvalue weighted by Gasteiger charge is 2.32. The van der Waals surface area contributed by atoms with Gasteiger partial charge in [-0.3, -0.25) is 4.79 Å². The summed E-state index contributed by atoms with van der Waals surface area (Å²) in [6, 6.07) is 10.3. The maximum atomic E-state index is 12.8. The topological polar surface area (TPSA) is 42.0 Å². The zero-order chi connectivity index (χ0) is 23.1. The summed E-state index contributed by atoms with van der Waals surface area (Å²) in [6.45, 7) is 6.55. The summed E-state index contributed by atoms with van der Waals surface area (Å²) in [7, 11) is 0. The minimum absolute atomic E-state index is 0.0500. The molecule has 0 radical (unpaired) electrons. The lowest BCUT2D eigenvalue weighted by Gasteiger charge is -2.26. The van der Waals surface area contributed by atoms with E-state index in [1.54, 1.807) is 30.3 Å². The van der Waals surface area contributed by atoms with Crippen LogP contribution in [0.1, 0.15) is 55.4 Å². The second-order valence-electron chi connectivity index (χ2n) is 7.60. The number of nitrogens with one attached hydrogen (secondary N) is 1. The van der Waals surface area contributed by atoms with Crippen LogP contribution in [-0.4, -0.2) is 17.4 Å². The molecular weight excluding hydrogens is 425 g/mol. The first-order chi connectivity index (χ1) is 14.5. The van der Waals surface area contributed by atoms with Crippen molar-refractivity contribution in [1.82, 2.24) is 10.3 Å². The van der Waals surface area contributed by atoms with Crippen LogP contribution in [0.5, 0.6) is 0 Å². The van der Waals surface area contributed by atoms with Gasteiger partial charge in [-0.1, -0.05) is 56.0 Å². The molecule has 0 atom stereocenters. The van der Waals surface area contributed by atoms with Crippen molar-refractivity contribution in [2.24, 2.45) is 5.41 Å². The molecule has 0 aliphatic rings. The Morgan fingerprint density at radius 2 is 1.90 bits per heavy atom. The van der Waals surface area contributed by atoms with Gasteiger partial charge in [0.2, 0.25) is 0 Å². The molecule has 1 N–H and O–H groups in total. The molecule has 0 fully saturated rings. The van der Waals surface area contributed by atoms with E-state index in [1.165, 1.54) is 12.1 Å². The predicted octanol–water partition coefficient (Wildman–Crippen LogP) is 6.29. The first kappa shape index (κ1) is 24.5. The predicted molar refractivity (Wildman–Crippen MR) is 117 cm³/mol. The van der Waals surface area contributed by atoms with Crippen LogP contribution in [0.2, 0.25) is 5.02 Å². The highest BCUT2D eigenvalue weighted by molar-refractivity contribution is 6.30. The van der Waals surface area contributed by atoms with E-state index >= 15 is 0 Å².